The first-order chi connectivity index (χ1) is 14.8. The second-order valence-corrected chi connectivity index (χ2v) is 7.99. The van der Waals surface area contributed by atoms with Gasteiger partial charge < -0.3 is 18.8 Å². The Balaban J connectivity index is 1.26. The van der Waals surface area contributed by atoms with E-state index in [4.69, 9.17) is 9.72 Å². The third-order valence-corrected chi connectivity index (χ3v) is 5.93. The summed E-state index contributed by atoms with van der Waals surface area (Å²) < 4.78 is 10.1. The Hall–Kier alpha value is -2.22. The molecule has 0 amide bonds. The quantitative estimate of drug-likeness (QED) is 0.455. The Labute approximate surface area is 179 Å². The van der Waals surface area contributed by atoms with Crippen LogP contribution < -0.4 is 0 Å². The average molecular weight is 411 g/mol. The molecule has 1 aliphatic rings. The first-order valence-electron chi connectivity index (χ1n) is 11.3. The lowest BCUT2D eigenvalue weighted by Gasteiger charge is -2.34. The Morgan fingerprint density at radius 1 is 0.967 bits per heavy atom. The molecule has 1 aromatic carbocycles. The van der Waals surface area contributed by atoms with Crippen molar-refractivity contribution in [1.29, 1.82) is 0 Å². The van der Waals surface area contributed by atoms with E-state index in [1.165, 1.54) is 24.9 Å². The number of benzene rings is 1. The highest BCUT2D eigenvalue weighted by Gasteiger charge is 2.19. The topological polar surface area (TPSA) is 51.4 Å². The lowest BCUT2D eigenvalue weighted by molar-refractivity contribution is 0.119. The monoisotopic (exact) mass is 410 g/mol. The number of hydrogen-bond donors (Lipinski definition) is 0. The van der Waals surface area contributed by atoms with Crippen LogP contribution in [0.3, 0.4) is 0 Å². The minimum atomic E-state index is 0.733. The van der Waals surface area contributed by atoms with Crippen LogP contribution in [0.4, 0.5) is 0 Å². The molecule has 3 aromatic rings. The van der Waals surface area contributed by atoms with Crippen molar-refractivity contribution in [2.45, 2.75) is 39.4 Å². The van der Waals surface area contributed by atoms with Crippen LogP contribution >= 0.6 is 0 Å². The molecule has 2 aromatic heterocycles. The van der Waals surface area contributed by atoms with Crippen LogP contribution in [0, 0.1) is 0 Å². The third kappa shape index (κ3) is 5.47. The highest BCUT2D eigenvalue weighted by Crippen LogP contribution is 2.18. The van der Waals surface area contributed by atoms with Crippen molar-refractivity contribution < 1.29 is 4.74 Å². The number of unbranched alkanes of at least 4 members (excludes halogenated alkanes) is 1. The molecule has 7 heteroatoms. The minimum absolute atomic E-state index is 0.733. The Kier molecular flexibility index (Phi) is 7.50. The fourth-order valence-corrected chi connectivity index (χ4v) is 4.22. The molecule has 0 atom stereocenters. The van der Waals surface area contributed by atoms with Gasteiger partial charge in [-0.3, -0.25) is 4.90 Å². The van der Waals surface area contributed by atoms with Crippen LogP contribution in [0.2, 0.25) is 0 Å². The zero-order valence-electron chi connectivity index (χ0n) is 18.1. The fraction of sp³-hybridized carbons (Fsp3) is 0.565. The van der Waals surface area contributed by atoms with Crippen molar-refractivity contribution in [1.82, 2.24) is 28.9 Å². The van der Waals surface area contributed by atoms with Crippen LogP contribution in [0.5, 0.6) is 0 Å². The van der Waals surface area contributed by atoms with Crippen LogP contribution in [-0.4, -0.2) is 74.8 Å². The number of para-hydroxylation sites is 2. The van der Waals surface area contributed by atoms with Gasteiger partial charge in [0.05, 0.1) is 30.5 Å². The molecule has 0 bridgehead atoms. The molecular weight excluding hydrogens is 376 g/mol. The molecule has 7 nitrogen and oxygen atoms in total. The summed E-state index contributed by atoms with van der Waals surface area (Å²) in [6.45, 7) is 12.1. The zero-order chi connectivity index (χ0) is 20.6. The molecule has 1 saturated heterocycles. The Morgan fingerprint density at radius 3 is 2.57 bits per heavy atom. The van der Waals surface area contributed by atoms with E-state index in [0.717, 1.165) is 70.4 Å². The van der Waals surface area contributed by atoms with E-state index in [2.05, 4.69) is 48.2 Å². The Bertz CT molecular complexity index is 882. The molecule has 0 aliphatic carbocycles. The summed E-state index contributed by atoms with van der Waals surface area (Å²) in [5, 5.41) is 0. The molecule has 0 N–H and O–H groups in total. The molecule has 0 unspecified atom stereocenters. The van der Waals surface area contributed by atoms with Gasteiger partial charge in [-0.05, 0) is 38.4 Å². The van der Waals surface area contributed by atoms with Gasteiger partial charge in [0.1, 0.15) is 5.82 Å². The van der Waals surface area contributed by atoms with Crippen LogP contribution in [0.25, 0.3) is 11.0 Å². The van der Waals surface area contributed by atoms with E-state index in [1.54, 1.807) is 0 Å². The van der Waals surface area contributed by atoms with Gasteiger partial charge in [0.2, 0.25) is 0 Å². The van der Waals surface area contributed by atoms with Gasteiger partial charge in [0.15, 0.2) is 0 Å². The van der Waals surface area contributed by atoms with E-state index in [-0.39, 0.29) is 0 Å². The zero-order valence-corrected chi connectivity index (χ0v) is 18.1. The van der Waals surface area contributed by atoms with E-state index in [9.17, 15) is 0 Å². The SMILES string of the molecule is CCOCCn1c(CN2CCN(CCCCn3ccnc3)CC2)nc2ccccc21. The van der Waals surface area contributed by atoms with Gasteiger partial charge in [-0.2, -0.15) is 0 Å². The maximum absolute atomic E-state index is 5.61. The van der Waals surface area contributed by atoms with Gasteiger partial charge in [-0.25, -0.2) is 9.97 Å². The maximum atomic E-state index is 5.61. The molecule has 30 heavy (non-hydrogen) atoms. The van der Waals surface area contributed by atoms with E-state index in [1.807, 2.05) is 25.6 Å². The van der Waals surface area contributed by atoms with Gasteiger partial charge in [-0.1, -0.05) is 12.1 Å². The van der Waals surface area contributed by atoms with Crippen molar-refractivity contribution in [3.8, 4) is 0 Å². The summed E-state index contributed by atoms with van der Waals surface area (Å²) in [5.74, 6) is 1.16. The summed E-state index contributed by atoms with van der Waals surface area (Å²) in [6, 6.07) is 8.44. The summed E-state index contributed by atoms with van der Waals surface area (Å²) in [5.41, 5.74) is 2.30. The van der Waals surface area contributed by atoms with Crippen molar-refractivity contribution in [3.63, 3.8) is 0 Å². The number of aromatic nitrogens is 4. The molecule has 162 valence electrons. The lowest BCUT2D eigenvalue weighted by atomic mass is 10.2. The lowest BCUT2D eigenvalue weighted by Crippen LogP contribution is -2.46. The molecule has 1 fully saturated rings. The molecule has 0 spiro atoms. The molecule has 0 radical (unpaired) electrons. The third-order valence-electron chi connectivity index (χ3n) is 5.93. The Morgan fingerprint density at radius 2 is 1.77 bits per heavy atom. The summed E-state index contributed by atoms with van der Waals surface area (Å²) in [6.07, 6.45) is 8.25. The minimum Gasteiger partial charge on any atom is -0.380 e. The summed E-state index contributed by atoms with van der Waals surface area (Å²) >= 11 is 0. The highest BCUT2D eigenvalue weighted by atomic mass is 16.5. The van der Waals surface area contributed by atoms with Gasteiger partial charge >= 0.3 is 0 Å². The van der Waals surface area contributed by atoms with Crippen molar-refractivity contribution in [2.24, 2.45) is 0 Å². The number of piperazine rings is 1. The van der Waals surface area contributed by atoms with Crippen LogP contribution in [-0.2, 0) is 24.4 Å². The second kappa shape index (κ2) is 10.7. The average Bonchev–Trinajstić information content (AvgIpc) is 3.41. The van der Waals surface area contributed by atoms with Crippen LogP contribution in [0.1, 0.15) is 25.6 Å². The smallest absolute Gasteiger partial charge is 0.124 e. The molecule has 4 rings (SSSR count). The number of imidazole rings is 2. The first-order valence-corrected chi connectivity index (χ1v) is 11.3. The van der Waals surface area contributed by atoms with E-state index in [0.29, 0.717) is 0 Å². The second-order valence-electron chi connectivity index (χ2n) is 7.99. The number of aryl methyl sites for hydroxylation is 1. The fourth-order valence-electron chi connectivity index (χ4n) is 4.22. The van der Waals surface area contributed by atoms with Crippen LogP contribution in [0.15, 0.2) is 43.0 Å². The number of fused-ring (bicyclic) bond motifs is 1. The maximum Gasteiger partial charge on any atom is 0.124 e. The number of ether oxygens (including phenoxy) is 1. The van der Waals surface area contributed by atoms with Crippen molar-refractivity contribution in [3.05, 3.63) is 48.8 Å². The molecular formula is C23H34N6O. The predicted molar refractivity (Wildman–Crippen MR) is 119 cm³/mol. The van der Waals surface area contributed by atoms with E-state index >= 15 is 0 Å². The highest BCUT2D eigenvalue weighted by molar-refractivity contribution is 5.75. The standard InChI is InChI=1S/C23H34N6O/c1-2-30-18-17-29-22-8-4-3-7-21(22)25-23(29)19-27-15-13-26(14-16-27)10-5-6-11-28-12-9-24-20-28/h3-4,7-9,12,20H,2,5-6,10-11,13-19H2,1H3. The normalized spacial score (nSPS) is 15.9. The summed E-state index contributed by atoms with van der Waals surface area (Å²) in [7, 11) is 0. The first kappa shape index (κ1) is 21.0. The van der Waals surface area contributed by atoms with Gasteiger partial charge in [0.25, 0.3) is 0 Å². The predicted octanol–water partition coefficient (Wildman–Crippen LogP) is 2.87. The van der Waals surface area contributed by atoms with Gasteiger partial charge in [-0.15, -0.1) is 0 Å². The molecule has 1 aliphatic heterocycles. The van der Waals surface area contributed by atoms with Crippen molar-refractivity contribution in [2.75, 3.05) is 45.9 Å². The number of hydrogen-bond acceptors (Lipinski definition) is 5. The number of rotatable bonds is 11. The van der Waals surface area contributed by atoms with E-state index < -0.39 is 0 Å². The largest absolute Gasteiger partial charge is 0.380 e. The number of nitrogens with zero attached hydrogens (tertiary/aromatic N) is 6. The molecule has 3 heterocycles. The molecule has 0 saturated carbocycles. The van der Waals surface area contributed by atoms with Gasteiger partial charge in [0, 0.05) is 58.3 Å². The summed E-state index contributed by atoms with van der Waals surface area (Å²) in [4.78, 5) is 14.2. The van der Waals surface area contributed by atoms with Crippen molar-refractivity contribution >= 4 is 11.0 Å².